The van der Waals surface area contributed by atoms with Crippen molar-refractivity contribution in [2.75, 3.05) is 19.5 Å². The Balaban J connectivity index is 2.16. The zero-order chi connectivity index (χ0) is 19.1. The van der Waals surface area contributed by atoms with Gasteiger partial charge >= 0.3 is 0 Å². The number of thiocarbonyl (C=S) groups is 1. The van der Waals surface area contributed by atoms with Crippen LogP contribution >= 0.6 is 12.2 Å². The monoisotopic (exact) mass is 372 g/mol. The molecule has 0 saturated carbocycles. The van der Waals surface area contributed by atoms with Crippen LogP contribution in [0.15, 0.2) is 41.5 Å². The molecule has 0 unspecified atom stereocenters. The number of methoxy groups -OCH3 is 2. The summed E-state index contributed by atoms with van der Waals surface area (Å²) in [4.78, 5) is 11.5. The summed E-state index contributed by atoms with van der Waals surface area (Å²) in [6.45, 7) is 1.95. The summed E-state index contributed by atoms with van der Waals surface area (Å²) in [5, 5.41) is 18.7. The minimum Gasteiger partial charge on any atom is -0.545 e. The first-order valence-corrected chi connectivity index (χ1v) is 8.00. The second-order valence-electron chi connectivity index (χ2n) is 5.19. The number of hydrogen-bond acceptors (Lipinski definition) is 6. The average molecular weight is 372 g/mol. The molecule has 0 saturated heterocycles. The lowest BCUT2D eigenvalue weighted by Crippen LogP contribution is -2.26. The summed E-state index contributed by atoms with van der Waals surface area (Å²) in [5.74, 6) is -1.05. The summed E-state index contributed by atoms with van der Waals surface area (Å²) >= 11 is 5.17. The molecule has 2 rings (SSSR count). The van der Waals surface area contributed by atoms with E-state index in [-0.39, 0.29) is 27.7 Å². The number of benzene rings is 2. The maximum Gasteiger partial charge on any atom is 0.191 e. The van der Waals surface area contributed by atoms with Gasteiger partial charge in [0, 0.05) is 11.3 Å². The van der Waals surface area contributed by atoms with E-state index in [9.17, 15) is 9.90 Å². The molecular formula is C18H18N3O4S-. The lowest BCUT2D eigenvalue weighted by atomic mass is 10.1. The van der Waals surface area contributed by atoms with Crippen LogP contribution in [0.25, 0.3) is 0 Å². The predicted octanol–water partition coefficient (Wildman–Crippen LogP) is 1.70. The Kier molecular flexibility index (Phi) is 6.51. The topological polar surface area (TPSA) is 95.0 Å². The van der Waals surface area contributed by atoms with Crippen LogP contribution < -0.4 is 25.3 Å². The Labute approximate surface area is 156 Å². The molecule has 8 heteroatoms. The number of para-hydroxylation sites is 1. The molecule has 136 valence electrons. The van der Waals surface area contributed by atoms with Crippen molar-refractivity contribution < 1.29 is 19.4 Å². The number of hydrazone groups is 1. The van der Waals surface area contributed by atoms with Gasteiger partial charge in [-0.1, -0.05) is 18.2 Å². The lowest BCUT2D eigenvalue weighted by molar-refractivity contribution is -0.255. The normalized spacial score (nSPS) is 10.4. The van der Waals surface area contributed by atoms with Crippen LogP contribution in [0.3, 0.4) is 0 Å². The Morgan fingerprint density at radius 1 is 1.19 bits per heavy atom. The summed E-state index contributed by atoms with van der Waals surface area (Å²) < 4.78 is 10.2. The fourth-order valence-electron chi connectivity index (χ4n) is 2.28. The molecule has 0 fully saturated rings. The third-order valence-corrected chi connectivity index (χ3v) is 3.74. The molecule has 0 aromatic heterocycles. The van der Waals surface area contributed by atoms with Crippen LogP contribution in [0.2, 0.25) is 0 Å². The van der Waals surface area contributed by atoms with Gasteiger partial charge in [0.15, 0.2) is 16.6 Å². The summed E-state index contributed by atoms with van der Waals surface area (Å²) in [5.41, 5.74) is 4.65. The highest BCUT2D eigenvalue weighted by Gasteiger charge is 2.15. The second kappa shape index (κ2) is 8.82. The third kappa shape index (κ3) is 4.48. The number of ether oxygens (including phenoxy) is 2. The quantitative estimate of drug-likeness (QED) is 0.453. The Morgan fingerprint density at radius 2 is 1.92 bits per heavy atom. The zero-order valence-corrected chi connectivity index (χ0v) is 15.3. The van der Waals surface area contributed by atoms with Gasteiger partial charge in [0.05, 0.1) is 32.0 Å². The van der Waals surface area contributed by atoms with Crippen molar-refractivity contribution in [3.63, 3.8) is 0 Å². The maximum atomic E-state index is 11.5. The number of aryl methyl sites for hydroxylation is 1. The van der Waals surface area contributed by atoms with Gasteiger partial charge in [-0.3, -0.25) is 5.43 Å². The molecule has 0 atom stereocenters. The maximum absolute atomic E-state index is 11.5. The van der Waals surface area contributed by atoms with Crippen LogP contribution in [-0.2, 0) is 0 Å². The summed E-state index contributed by atoms with van der Waals surface area (Å²) in [6, 6.07) is 10.8. The molecular weight excluding hydrogens is 354 g/mol. The van der Waals surface area contributed by atoms with Gasteiger partial charge in [0.2, 0.25) is 0 Å². The number of hydrogen-bond donors (Lipinski definition) is 2. The molecule has 26 heavy (non-hydrogen) atoms. The van der Waals surface area contributed by atoms with E-state index in [1.165, 1.54) is 26.5 Å². The zero-order valence-electron chi connectivity index (χ0n) is 14.5. The minimum atomic E-state index is -1.40. The molecule has 2 N–H and O–H groups in total. The van der Waals surface area contributed by atoms with E-state index in [0.717, 1.165) is 11.3 Å². The number of carbonyl (C=O) groups excluding carboxylic acids is 1. The molecule has 0 bridgehead atoms. The number of nitrogens with one attached hydrogen (secondary N) is 2. The first-order valence-electron chi connectivity index (χ1n) is 7.60. The van der Waals surface area contributed by atoms with Crippen molar-refractivity contribution in [3.05, 3.63) is 53.1 Å². The molecule has 2 aromatic carbocycles. The van der Waals surface area contributed by atoms with E-state index in [4.69, 9.17) is 21.7 Å². The molecule has 0 aliphatic heterocycles. The fourth-order valence-corrected chi connectivity index (χ4v) is 2.45. The molecule has 2 aromatic rings. The van der Waals surface area contributed by atoms with Crippen LogP contribution in [0.5, 0.6) is 11.5 Å². The highest BCUT2D eigenvalue weighted by molar-refractivity contribution is 7.80. The van der Waals surface area contributed by atoms with Gasteiger partial charge < -0.3 is 24.7 Å². The highest BCUT2D eigenvalue weighted by Crippen LogP contribution is 2.32. The second-order valence-corrected chi connectivity index (χ2v) is 5.60. The average Bonchev–Trinajstić information content (AvgIpc) is 2.62. The largest absolute Gasteiger partial charge is 0.545 e. The number of carboxylic acids is 1. The van der Waals surface area contributed by atoms with Crippen molar-refractivity contribution >= 4 is 35.2 Å². The van der Waals surface area contributed by atoms with Gasteiger partial charge in [0.1, 0.15) is 0 Å². The molecule has 7 nitrogen and oxygen atoms in total. The van der Waals surface area contributed by atoms with E-state index >= 15 is 0 Å². The van der Waals surface area contributed by atoms with E-state index in [0.29, 0.717) is 0 Å². The van der Waals surface area contributed by atoms with Crippen molar-refractivity contribution in [1.29, 1.82) is 0 Å². The van der Waals surface area contributed by atoms with Crippen molar-refractivity contribution in [2.24, 2.45) is 5.10 Å². The van der Waals surface area contributed by atoms with Gasteiger partial charge in [-0.05, 0) is 42.9 Å². The Bertz CT molecular complexity index is 852. The van der Waals surface area contributed by atoms with Gasteiger partial charge in [-0.25, -0.2) is 0 Å². The van der Waals surface area contributed by atoms with Gasteiger partial charge in [-0.15, -0.1) is 0 Å². The van der Waals surface area contributed by atoms with Crippen LogP contribution in [0.4, 0.5) is 5.69 Å². The standard InChI is InChI=1S/C18H19N3O4S/c1-11-6-4-5-7-13(11)20-18(26)21-19-10-12-8-9-14(24-2)16(25-3)15(12)17(22)23/h4-10H,1-3H3,(H,22,23)(H2,20,21,26)/p-1/b19-10-. The van der Waals surface area contributed by atoms with E-state index in [2.05, 4.69) is 15.8 Å². The van der Waals surface area contributed by atoms with Crippen molar-refractivity contribution in [1.82, 2.24) is 5.43 Å². The molecule has 0 heterocycles. The van der Waals surface area contributed by atoms with Crippen LogP contribution in [0.1, 0.15) is 21.5 Å². The number of carbonyl (C=O) groups is 1. The SMILES string of the molecule is COc1ccc(/C=N\NC(=S)Nc2ccccc2C)c(C(=O)[O-])c1OC. The van der Waals surface area contributed by atoms with Crippen molar-refractivity contribution in [2.45, 2.75) is 6.92 Å². The molecule has 0 spiro atoms. The lowest BCUT2D eigenvalue weighted by Gasteiger charge is -2.15. The van der Waals surface area contributed by atoms with E-state index in [1.807, 2.05) is 31.2 Å². The van der Waals surface area contributed by atoms with Crippen molar-refractivity contribution in [3.8, 4) is 11.5 Å². The number of rotatable bonds is 6. The number of nitrogens with zero attached hydrogens (tertiary/aromatic N) is 1. The molecule has 0 aliphatic carbocycles. The predicted molar refractivity (Wildman–Crippen MR) is 102 cm³/mol. The minimum absolute atomic E-state index is 0.0667. The first-order chi connectivity index (χ1) is 12.5. The van der Waals surface area contributed by atoms with Crippen LogP contribution in [-0.4, -0.2) is 31.5 Å². The number of carboxylic acid groups (broad SMARTS) is 1. The fraction of sp³-hybridized carbons (Fsp3) is 0.167. The number of aromatic carboxylic acids is 1. The van der Waals surface area contributed by atoms with Gasteiger partial charge in [0.25, 0.3) is 0 Å². The number of anilines is 1. The van der Waals surface area contributed by atoms with Crippen LogP contribution in [0, 0.1) is 6.92 Å². The van der Waals surface area contributed by atoms with E-state index in [1.54, 1.807) is 6.07 Å². The third-order valence-electron chi connectivity index (χ3n) is 3.54. The smallest absolute Gasteiger partial charge is 0.191 e. The summed E-state index contributed by atoms with van der Waals surface area (Å²) in [6.07, 6.45) is 1.32. The first kappa shape index (κ1) is 19.2. The molecule has 0 radical (unpaired) electrons. The Hall–Kier alpha value is -3.13. The molecule has 0 aliphatic rings. The van der Waals surface area contributed by atoms with E-state index < -0.39 is 5.97 Å². The van der Waals surface area contributed by atoms with Gasteiger partial charge in [-0.2, -0.15) is 5.10 Å². The molecule has 0 amide bonds. The summed E-state index contributed by atoms with van der Waals surface area (Å²) in [7, 11) is 2.77. The highest BCUT2D eigenvalue weighted by atomic mass is 32.1. The Morgan fingerprint density at radius 3 is 2.54 bits per heavy atom.